The Morgan fingerprint density at radius 2 is 1.58 bits per heavy atom. The number of benzene rings is 1. The molecule has 1 aliphatic carbocycles. The number of alkyl halides is 3. The summed E-state index contributed by atoms with van der Waals surface area (Å²) in [6.45, 7) is 4.97. The fourth-order valence-electron chi connectivity index (χ4n) is 4.12. The van der Waals surface area contributed by atoms with E-state index in [0.717, 1.165) is 42.4 Å². The van der Waals surface area contributed by atoms with Crippen LogP contribution in [0.5, 0.6) is 0 Å². The van der Waals surface area contributed by atoms with Gasteiger partial charge in [0.1, 0.15) is 17.0 Å². The number of nitrogens with zero attached hydrogens (tertiary/aromatic N) is 6. The topological polar surface area (TPSA) is 78.6 Å². The Bertz CT molecular complexity index is 1330. The van der Waals surface area contributed by atoms with Gasteiger partial charge in [-0.1, -0.05) is 12.1 Å². The smallest absolute Gasteiger partial charge is 0.381 e. The number of ether oxygens (including phenoxy) is 1. The first-order chi connectivity index (χ1) is 17.3. The van der Waals surface area contributed by atoms with Crippen LogP contribution in [0.15, 0.2) is 42.7 Å². The van der Waals surface area contributed by atoms with Gasteiger partial charge >= 0.3 is 6.18 Å². The summed E-state index contributed by atoms with van der Waals surface area (Å²) < 4.78 is 46.2. The second kappa shape index (κ2) is 9.93. The summed E-state index contributed by atoms with van der Waals surface area (Å²) in [4.78, 5) is 18.5. The molecule has 1 aromatic carbocycles. The van der Waals surface area contributed by atoms with Crippen molar-refractivity contribution >= 4 is 11.2 Å². The van der Waals surface area contributed by atoms with Crippen LogP contribution in [0.25, 0.3) is 22.4 Å². The quantitative estimate of drug-likeness (QED) is 0.355. The molecule has 0 atom stereocenters. The maximum atomic E-state index is 12.9. The molecule has 1 saturated heterocycles. The minimum Gasteiger partial charge on any atom is -0.381 e. The Balaban J connectivity index is 0.000000280. The number of hydrogen-bond acceptors (Lipinski definition) is 6. The highest BCUT2D eigenvalue weighted by Crippen LogP contribution is 2.34. The van der Waals surface area contributed by atoms with Crippen LogP contribution >= 0.6 is 0 Å². The zero-order valence-electron chi connectivity index (χ0n) is 20.2. The minimum absolute atomic E-state index is 0.134. The third-order valence-corrected chi connectivity index (χ3v) is 6.48. The highest BCUT2D eigenvalue weighted by molar-refractivity contribution is 5.87. The van der Waals surface area contributed by atoms with Gasteiger partial charge in [-0.15, -0.1) is 0 Å². The van der Waals surface area contributed by atoms with Crippen molar-refractivity contribution in [1.82, 2.24) is 29.7 Å². The van der Waals surface area contributed by atoms with Crippen LogP contribution in [0.2, 0.25) is 0 Å². The predicted molar refractivity (Wildman–Crippen MR) is 128 cm³/mol. The maximum Gasteiger partial charge on any atom is 0.416 e. The first-order valence-corrected chi connectivity index (χ1v) is 12.1. The Hall–Kier alpha value is -3.40. The molecule has 1 aliphatic heterocycles. The third kappa shape index (κ3) is 5.38. The molecule has 188 valence electrons. The molecule has 4 heterocycles. The largest absolute Gasteiger partial charge is 0.416 e. The third-order valence-electron chi connectivity index (χ3n) is 6.48. The lowest BCUT2D eigenvalue weighted by Gasteiger charge is -2.21. The predicted octanol–water partition coefficient (Wildman–Crippen LogP) is 5.83. The van der Waals surface area contributed by atoms with Gasteiger partial charge in [0.2, 0.25) is 0 Å². The second-order valence-electron chi connectivity index (χ2n) is 9.18. The summed E-state index contributed by atoms with van der Waals surface area (Å²) in [6, 6.07) is 7.69. The first-order valence-electron chi connectivity index (χ1n) is 12.1. The van der Waals surface area contributed by atoms with E-state index in [9.17, 15) is 13.2 Å². The van der Waals surface area contributed by atoms with E-state index in [2.05, 4.69) is 20.1 Å². The lowest BCUT2D eigenvalue weighted by atomic mass is 9.99. The van der Waals surface area contributed by atoms with Gasteiger partial charge in [0, 0.05) is 37.1 Å². The molecule has 0 bridgehead atoms. The Morgan fingerprint density at radius 1 is 0.889 bits per heavy atom. The fraction of sp³-hybridized carbons (Fsp3) is 0.423. The van der Waals surface area contributed by atoms with Gasteiger partial charge in [-0.2, -0.15) is 18.3 Å². The number of halogens is 3. The molecule has 7 nitrogen and oxygen atoms in total. The lowest BCUT2D eigenvalue weighted by molar-refractivity contribution is -0.137. The summed E-state index contributed by atoms with van der Waals surface area (Å²) in [6.07, 6.45) is 3.72. The Morgan fingerprint density at radius 3 is 2.19 bits per heavy atom. The van der Waals surface area contributed by atoms with E-state index < -0.39 is 11.7 Å². The van der Waals surface area contributed by atoms with Gasteiger partial charge in [0.15, 0.2) is 5.65 Å². The minimum atomic E-state index is -4.38. The van der Waals surface area contributed by atoms with Gasteiger partial charge in [-0.25, -0.2) is 19.9 Å². The number of rotatable bonds is 3. The second-order valence-corrected chi connectivity index (χ2v) is 9.18. The van der Waals surface area contributed by atoms with Crippen LogP contribution in [0.4, 0.5) is 13.2 Å². The van der Waals surface area contributed by atoms with Crippen molar-refractivity contribution in [3.05, 3.63) is 65.5 Å². The van der Waals surface area contributed by atoms with Crippen LogP contribution in [-0.2, 0) is 10.9 Å². The molecule has 4 aromatic rings. The van der Waals surface area contributed by atoms with Gasteiger partial charge in [-0.3, -0.25) is 4.68 Å². The number of hydrogen-bond donors (Lipinski definition) is 0. The zero-order chi connectivity index (χ0) is 25.3. The van der Waals surface area contributed by atoms with Gasteiger partial charge in [0.05, 0.1) is 23.0 Å². The fourth-order valence-corrected chi connectivity index (χ4v) is 4.12. The molecule has 3 aromatic heterocycles. The zero-order valence-corrected chi connectivity index (χ0v) is 20.2. The summed E-state index contributed by atoms with van der Waals surface area (Å²) >= 11 is 0. The lowest BCUT2D eigenvalue weighted by Crippen LogP contribution is -2.17. The summed E-state index contributed by atoms with van der Waals surface area (Å²) in [5.41, 5.74) is 2.85. The standard InChI is InChI=1S/C20H19F3N4O.C6H8N2/c1-11-12(2)25-19-17(24-11)16(13-3-5-15(6-4-13)20(21,22)23)26-18(27-19)14-7-9-28-10-8-14;1-4-7-8(5-1)6-2-3-6/h3-6,14H,7-10H2,1-2H3;1,4-6H,2-3H2. The normalized spacial score (nSPS) is 16.6. The molecule has 0 N–H and O–H groups in total. The van der Waals surface area contributed by atoms with Crippen LogP contribution in [0.3, 0.4) is 0 Å². The molecular formula is C26H27F3N6O. The van der Waals surface area contributed by atoms with Crippen molar-refractivity contribution in [2.45, 2.75) is 57.7 Å². The average Bonchev–Trinajstić information content (AvgIpc) is 3.58. The molecule has 0 amide bonds. The van der Waals surface area contributed by atoms with Crippen molar-refractivity contribution in [1.29, 1.82) is 0 Å². The Labute approximate surface area is 206 Å². The summed E-state index contributed by atoms with van der Waals surface area (Å²) in [7, 11) is 0. The SMILES string of the molecule is Cc1nc2nc(C3CCOCC3)nc(-c3ccc(C(F)(F)F)cc3)c2nc1C.c1cnn(C2CC2)c1. The van der Waals surface area contributed by atoms with Crippen LogP contribution < -0.4 is 0 Å². The van der Waals surface area contributed by atoms with Gasteiger partial charge in [0.25, 0.3) is 0 Å². The maximum absolute atomic E-state index is 12.9. The van der Waals surface area contributed by atoms with E-state index in [1.165, 1.54) is 25.0 Å². The van der Waals surface area contributed by atoms with E-state index >= 15 is 0 Å². The molecule has 2 aliphatic rings. The van der Waals surface area contributed by atoms with Crippen molar-refractivity contribution in [2.75, 3.05) is 13.2 Å². The molecule has 0 radical (unpaired) electrons. The van der Waals surface area contributed by atoms with E-state index in [-0.39, 0.29) is 5.92 Å². The van der Waals surface area contributed by atoms with Crippen molar-refractivity contribution in [2.24, 2.45) is 0 Å². The molecule has 36 heavy (non-hydrogen) atoms. The van der Waals surface area contributed by atoms with Crippen molar-refractivity contribution in [3.8, 4) is 11.3 Å². The Kier molecular flexibility index (Phi) is 6.70. The van der Waals surface area contributed by atoms with Crippen molar-refractivity contribution < 1.29 is 17.9 Å². The van der Waals surface area contributed by atoms with E-state index in [4.69, 9.17) is 9.72 Å². The van der Waals surface area contributed by atoms with Gasteiger partial charge in [-0.05, 0) is 57.7 Å². The van der Waals surface area contributed by atoms with E-state index in [1.54, 1.807) is 0 Å². The van der Waals surface area contributed by atoms with Crippen LogP contribution in [-0.4, -0.2) is 42.9 Å². The molecule has 6 rings (SSSR count). The highest BCUT2D eigenvalue weighted by atomic mass is 19.4. The van der Waals surface area contributed by atoms with Crippen LogP contribution in [0.1, 0.15) is 60.4 Å². The highest BCUT2D eigenvalue weighted by Gasteiger charge is 2.30. The number of aromatic nitrogens is 6. The van der Waals surface area contributed by atoms with E-state index in [1.807, 2.05) is 37.0 Å². The monoisotopic (exact) mass is 496 g/mol. The summed E-state index contributed by atoms with van der Waals surface area (Å²) in [5, 5.41) is 4.09. The molecule has 2 fully saturated rings. The summed E-state index contributed by atoms with van der Waals surface area (Å²) in [5.74, 6) is 0.776. The average molecular weight is 497 g/mol. The van der Waals surface area contributed by atoms with Crippen LogP contribution in [0, 0.1) is 13.8 Å². The first kappa shape index (κ1) is 24.3. The molecule has 1 saturated carbocycles. The van der Waals surface area contributed by atoms with E-state index in [0.29, 0.717) is 41.5 Å². The van der Waals surface area contributed by atoms with Gasteiger partial charge < -0.3 is 4.74 Å². The molecule has 10 heteroatoms. The van der Waals surface area contributed by atoms with Crippen molar-refractivity contribution in [3.63, 3.8) is 0 Å². The molecule has 0 spiro atoms. The number of aryl methyl sites for hydroxylation is 2. The number of fused-ring (bicyclic) bond motifs is 1. The molecule has 0 unspecified atom stereocenters. The molecular weight excluding hydrogens is 469 g/mol.